The van der Waals surface area contributed by atoms with Gasteiger partial charge in [-0.2, -0.15) is 10.1 Å². The summed E-state index contributed by atoms with van der Waals surface area (Å²) in [6.45, 7) is 7.78. The molecule has 138 valence electrons. The van der Waals surface area contributed by atoms with E-state index in [0.29, 0.717) is 5.92 Å². The van der Waals surface area contributed by atoms with Crippen molar-refractivity contribution in [3.05, 3.63) is 36.3 Å². The van der Waals surface area contributed by atoms with Gasteiger partial charge in [-0.15, -0.1) is 5.10 Å². The number of piperazine rings is 1. The van der Waals surface area contributed by atoms with Crippen molar-refractivity contribution in [1.29, 1.82) is 0 Å². The molecular formula is C19H25FN6. The fourth-order valence-corrected chi connectivity index (χ4v) is 3.79. The fourth-order valence-electron chi connectivity index (χ4n) is 3.79. The summed E-state index contributed by atoms with van der Waals surface area (Å²) >= 11 is 0. The Morgan fingerprint density at radius 1 is 0.962 bits per heavy atom. The first-order valence-corrected chi connectivity index (χ1v) is 9.39. The minimum Gasteiger partial charge on any atom is -0.368 e. The van der Waals surface area contributed by atoms with Crippen molar-refractivity contribution in [2.75, 3.05) is 54.0 Å². The Morgan fingerprint density at radius 2 is 1.69 bits per heavy atom. The maximum Gasteiger partial charge on any atom is 0.247 e. The number of rotatable bonds is 3. The summed E-state index contributed by atoms with van der Waals surface area (Å²) in [5.41, 5.74) is 1.06. The van der Waals surface area contributed by atoms with E-state index in [4.69, 9.17) is 4.98 Å². The topological polar surface area (TPSA) is 48.4 Å². The molecule has 0 saturated carbocycles. The highest BCUT2D eigenvalue weighted by Gasteiger charge is 2.22. The van der Waals surface area contributed by atoms with Crippen molar-refractivity contribution in [3.63, 3.8) is 0 Å². The molecule has 0 bridgehead atoms. The Kier molecular flexibility index (Phi) is 4.86. The molecule has 1 aromatic carbocycles. The monoisotopic (exact) mass is 356 g/mol. The lowest BCUT2D eigenvalue weighted by Gasteiger charge is -2.37. The van der Waals surface area contributed by atoms with Crippen LogP contribution in [0.5, 0.6) is 0 Å². The molecule has 0 N–H and O–H groups in total. The number of benzene rings is 1. The molecule has 3 heterocycles. The first-order chi connectivity index (χ1) is 12.7. The van der Waals surface area contributed by atoms with Crippen molar-refractivity contribution in [3.8, 4) is 0 Å². The number of hydrogen-bond donors (Lipinski definition) is 0. The van der Waals surface area contributed by atoms with Gasteiger partial charge in [-0.1, -0.05) is 6.92 Å². The van der Waals surface area contributed by atoms with Crippen LogP contribution in [0, 0.1) is 11.7 Å². The van der Waals surface area contributed by atoms with E-state index in [2.05, 4.69) is 31.8 Å². The maximum atomic E-state index is 13.1. The van der Waals surface area contributed by atoms with Gasteiger partial charge in [-0.05, 0) is 43.0 Å². The van der Waals surface area contributed by atoms with Gasteiger partial charge in [0.15, 0.2) is 5.82 Å². The van der Waals surface area contributed by atoms with Gasteiger partial charge in [0, 0.05) is 45.0 Å². The molecule has 6 nitrogen and oxygen atoms in total. The Bertz CT molecular complexity index is 729. The summed E-state index contributed by atoms with van der Waals surface area (Å²) in [6, 6.07) is 6.71. The van der Waals surface area contributed by atoms with Crippen LogP contribution < -0.4 is 14.7 Å². The fraction of sp³-hybridized carbons (Fsp3) is 0.526. The van der Waals surface area contributed by atoms with Crippen LogP contribution in [0.2, 0.25) is 0 Å². The highest BCUT2D eigenvalue weighted by molar-refractivity contribution is 5.49. The lowest BCUT2D eigenvalue weighted by Crippen LogP contribution is -2.47. The number of anilines is 3. The molecule has 2 aromatic rings. The van der Waals surface area contributed by atoms with Gasteiger partial charge in [0.1, 0.15) is 5.82 Å². The molecule has 0 spiro atoms. The second-order valence-electron chi connectivity index (χ2n) is 7.26. The van der Waals surface area contributed by atoms with Crippen LogP contribution in [-0.4, -0.2) is 54.4 Å². The summed E-state index contributed by atoms with van der Waals surface area (Å²) in [4.78, 5) is 11.6. The number of aromatic nitrogens is 3. The quantitative estimate of drug-likeness (QED) is 0.842. The maximum absolute atomic E-state index is 13.1. The summed E-state index contributed by atoms with van der Waals surface area (Å²) < 4.78 is 13.1. The highest BCUT2D eigenvalue weighted by Crippen LogP contribution is 2.23. The van der Waals surface area contributed by atoms with E-state index in [9.17, 15) is 4.39 Å². The zero-order valence-corrected chi connectivity index (χ0v) is 15.2. The van der Waals surface area contributed by atoms with Gasteiger partial charge in [0.05, 0.1) is 6.20 Å². The van der Waals surface area contributed by atoms with Crippen LogP contribution in [0.3, 0.4) is 0 Å². The number of halogens is 1. The molecule has 26 heavy (non-hydrogen) atoms. The molecule has 0 aliphatic carbocycles. The minimum absolute atomic E-state index is 0.195. The predicted octanol–water partition coefficient (Wildman–Crippen LogP) is 2.57. The minimum atomic E-state index is -0.195. The molecule has 1 aromatic heterocycles. The Balaban J connectivity index is 1.41. The van der Waals surface area contributed by atoms with Gasteiger partial charge in [0.2, 0.25) is 5.95 Å². The number of piperidine rings is 1. The van der Waals surface area contributed by atoms with Crippen molar-refractivity contribution < 1.29 is 4.39 Å². The van der Waals surface area contributed by atoms with Crippen LogP contribution in [0.15, 0.2) is 30.5 Å². The molecule has 4 rings (SSSR count). The number of hydrogen-bond acceptors (Lipinski definition) is 6. The summed E-state index contributed by atoms with van der Waals surface area (Å²) in [7, 11) is 0. The van der Waals surface area contributed by atoms with E-state index < -0.39 is 0 Å². The zero-order valence-electron chi connectivity index (χ0n) is 15.2. The Morgan fingerprint density at radius 3 is 2.42 bits per heavy atom. The smallest absolute Gasteiger partial charge is 0.247 e. The number of nitrogens with zero attached hydrogens (tertiary/aromatic N) is 6. The van der Waals surface area contributed by atoms with E-state index in [1.807, 2.05) is 12.1 Å². The average Bonchev–Trinajstić information content (AvgIpc) is 2.69. The van der Waals surface area contributed by atoms with Crippen LogP contribution in [0.1, 0.15) is 19.8 Å². The average molecular weight is 356 g/mol. The SMILES string of the molecule is CC1CCCN(c2nncc(N3CCN(c4ccc(F)cc4)CC3)n2)C1. The van der Waals surface area contributed by atoms with Crippen molar-refractivity contribution in [2.24, 2.45) is 5.92 Å². The molecule has 2 fully saturated rings. The molecule has 0 radical (unpaired) electrons. The lowest BCUT2D eigenvalue weighted by atomic mass is 10.0. The summed E-state index contributed by atoms with van der Waals surface area (Å²) in [5, 5.41) is 8.45. The van der Waals surface area contributed by atoms with E-state index in [1.165, 1.54) is 25.0 Å². The molecule has 2 aliphatic heterocycles. The zero-order chi connectivity index (χ0) is 17.9. The molecule has 1 unspecified atom stereocenters. The second-order valence-corrected chi connectivity index (χ2v) is 7.26. The molecule has 2 saturated heterocycles. The largest absolute Gasteiger partial charge is 0.368 e. The van der Waals surface area contributed by atoms with E-state index in [-0.39, 0.29) is 5.82 Å². The van der Waals surface area contributed by atoms with Crippen molar-refractivity contribution in [1.82, 2.24) is 15.2 Å². The van der Waals surface area contributed by atoms with Gasteiger partial charge < -0.3 is 14.7 Å². The molecule has 7 heteroatoms. The molecular weight excluding hydrogens is 331 g/mol. The molecule has 1 atom stereocenters. The Labute approximate surface area is 153 Å². The summed E-state index contributed by atoms with van der Waals surface area (Å²) in [6.07, 6.45) is 4.21. The van der Waals surface area contributed by atoms with Crippen LogP contribution in [-0.2, 0) is 0 Å². The Hall–Kier alpha value is -2.44. The van der Waals surface area contributed by atoms with Crippen molar-refractivity contribution in [2.45, 2.75) is 19.8 Å². The molecule has 0 amide bonds. The van der Waals surface area contributed by atoms with Gasteiger partial charge >= 0.3 is 0 Å². The van der Waals surface area contributed by atoms with Crippen LogP contribution in [0.25, 0.3) is 0 Å². The predicted molar refractivity (Wildman–Crippen MR) is 101 cm³/mol. The van der Waals surface area contributed by atoms with E-state index in [0.717, 1.165) is 56.7 Å². The van der Waals surface area contributed by atoms with Gasteiger partial charge in [-0.25, -0.2) is 4.39 Å². The van der Waals surface area contributed by atoms with E-state index >= 15 is 0 Å². The van der Waals surface area contributed by atoms with E-state index in [1.54, 1.807) is 6.20 Å². The first-order valence-electron chi connectivity index (χ1n) is 9.39. The third-order valence-electron chi connectivity index (χ3n) is 5.27. The molecule has 2 aliphatic rings. The highest BCUT2D eigenvalue weighted by atomic mass is 19.1. The van der Waals surface area contributed by atoms with Gasteiger partial charge in [-0.3, -0.25) is 0 Å². The standard InChI is InChI=1S/C19H25FN6/c1-15-3-2-8-26(14-15)19-22-18(13-21-23-19)25-11-9-24(10-12-25)17-6-4-16(20)5-7-17/h4-7,13,15H,2-3,8-12,14H2,1H3. The van der Waals surface area contributed by atoms with Crippen molar-refractivity contribution >= 4 is 17.5 Å². The first kappa shape index (κ1) is 17.0. The van der Waals surface area contributed by atoms with Crippen LogP contribution >= 0.6 is 0 Å². The summed E-state index contributed by atoms with van der Waals surface area (Å²) in [5.74, 6) is 2.12. The third kappa shape index (κ3) is 3.71. The normalized spacial score (nSPS) is 21.2. The second kappa shape index (κ2) is 7.43. The van der Waals surface area contributed by atoms with Gasteiger partial charge in [0.25, 0.3) is 0 Å². The van der Waals surface area contributed by atoms with Crippen LogP contribution in [0.4, 0.5) is 21.8 Å². The lowest BCUT2D eigenvalue weighted by molar-refractivity contribution is 0.440. The third-order valence-corrected chi connectivity index (χ3v) is 5.27.